The number of fused-ring (bicyclic) bond motifs is 3. The van der Waals surface area contributed by atoms with Crippen molar-refractivity contribution in [3.05, 3.63) is 47.7 Å². The molecule has 2 aromatic carbocycles. The van der Waals surface area contributed by atoms with Gasteiger partial charge in [-0.2, -0.15) is 9.97 Å². The molecule has 2 atom stereocenters. The first-order valence-corrected chi connectivity index (χ1v) is 17.9. The van der Waals surface area contributed by atoms with E-state index >= 15 is 4.39 Å². The van der Waals surface area contributed by atoms with E-state index in [1.807, 2.05) is 13.8 Å². The minimum Gasteiger partial charge on any atom is -0.508 e. The Kier molecular flexibility index (Phi) is 8.95. The number of pyridine rings is 1. The molecular weight excluding hydrogens is 656 g/mol. The first-order chi connectivity index (χ1) is 24.7. The van der Waals surface area contributed by atoms with Gasteiger partial charge in [-0.05, 0) is 76.1 Å². The number of anilines is 1. The van der Waals surface area contributed by atoms with Gasteiger partial charge < -0.3 is 29.0 Å². The minimum atomic E-state index is -0.743. The van der Waals surface area contributed by atoms with Crippen molar-refractivity contribution in [2.45, 2.75) is 70.2 Å². The average molecular weight is 700 g/mol. The number of likely N-dealkylation sites (tertiary alicyclic amines) is 1. The van der Waals surface area contributed by atoms with Crippen LogP contribution >= 0.6 is 0 Å². The molecule has 4 aliphatic rings. The zero-order valence-electron chi connectivity index (χ0n) is 29.1. The highest BCUT2D eigenvalue weighted by molar-refractivity contribution is 6.03. The Bertz CT molecular complexity index is 2000. The van der Waals surface area contributed by atoms with Crippen molar-refractivity contribution in [1.82, 2.24) is 19.9 Å². The lowest BCUT2D eigenvalue weighted by Crippen LogP contribution is -2.60. The minimum absolute atomic E-state index is 0.0187. The van der Waals surface area contributed by atoms with Crippen molar-refractivity contribution in [2.75, 3.05) is 57.6 Å². The molecule has 0 amide bonds. The van der Waals surface area contributed by atoms with Crippen LogP contribution in [0.15, 0.2) is 30.5 Å². The standard InChI is InChI=1S/C39H43F2N5O5/c1-4-27-30(40)10-9-24-18-26(47)19-28(32(24)27)34-33(41)35-29(20-42-34)36(45-13-7-16-48-17-15-45)44-37(43-35)49-23-39-11-5-8-31(39)46(14-6-12-39)25-21-50-38(2,3)51-22-25/h1,9-10,18-20,25,31,47H,5-8,11-17,21-23H2,2-3H3/t31-,39-/m1/s1. The Morgan fingerprint density at radius 3 is 2.69 bits per heavy atom. The van der Waals surface area contributed by atoms with Crippen LogP contribution < -0.4 is 9.64 Å². The molecule has 10 nitrogen and oxygen atoms in total. The summed E-state index contributed by atoms with van der Waals surface area (Å²) < 4.78 is 56.3. The number of halogens is 2. The first kappa shape index (κ1) is 34.0. The summed E-state index contributed by atoms with van der Waals surface area (Å²) in [6, 6.07) is 6.09. The fraction of sp³-hybridized carbons (Fsp3) is 0.513. The van der Waals surface area contributed by atoms with Gasteiger partial charge in [-0.25, -0.2) is 8.78 Å². The highest BCUT2D eigenvalue weighted by Crippen LogP contribution is 2.49. The third-order valence-corrected chi connectivity index (χ3v) is 11.2. The second kappa shape index (κ2) is 13.4. The molecule has 0 spiro atoms. The molecule has 3 saturated heterocycles. The number of terminal acetylenes is 1. The molecule has 0 bridgehead atoms. The first-order valence-electron chi connectivity index (χ1n) is 17.9. The predicted molar refractivity (Wildman–Crippen MR) is 189 cm³/mol. The maximum absolute atomic E-state index is 17.0. The number of phenols is 1. The van der Waals surface area contributed by atoms with Gasteiger partial charge in [0.2, 0.25) is 0 Å². The van der Waals surface area contributed by atoms with Crippen molar-refractivity contribution in [3.8, 4) is 35.4 Å². The van der Waals surface area contributed by atoms with E-state index < -0.39 is 17.4 Å². The maximum Gasteiger partial charge on any atom is 0.319 e. The van der Waals surface area contributed by atoms with Crippen LogP contribution in [0.25, 0.3) is 32.9 Å². The third kappa shape index (κ3) is 6.24. The molecular formula is C39H43F2N5O5. The predicted octanol–water partition coefficient (Wildman–Crippen LogP) is 6.20. The van der Waals surface area contributed by atoms with Crippen molar-refractivity contribution in [3.63, 3.8) is 0 Å². The normalized spacial score (nSPS) is 24.4. The summed E-state index contributed by atoms with van der Waals surface area (Å²) in [6.45, 7) is 8.84. The molecule has 51 heavy (non-hydrogen) atoms. The summed E-state index contributed by atoms with van der Waals surface area (Å²) in [5.74, 6) is 0.831. The Hall–Kier alpha value is -4.15. The smallest absolute Gasteiger partial charge is 0.319 e. The van der Waals surface area contributed by atoms with E-state index in [0.717, 1.165) is 45.1 Å². The van der Waals surface area contributed by atoms with Gasteiger partial charge in [0.05, 0.1) is 43.4 Å². The van der Waals surface area contributed by atoms with E-state index in [4.69, 9.17) is 30.4 Å². The Balaban J connectivity index is 1.18. The van der Waals surface area contributed by atoms with Crippen LogP contribution in [-0.2, 0) is 14.2 Å². The number of nitrogens with zero attached hydrogens (tertiary/aromatic N) is 5. The number of aromatic hydroxyl groups is 1. The molecule has 8 rings (SSSR count). The van der Waals surface area contributed by atoms with E-state index in [0.29, 0.717) is 68.8 Å². The Morgan fingerprint density at radius 1 is 1.04 bits per heavy atom. The van der Waals surface area contributed by atoms with Crippen LogP contribution in [0.2, 0.25) is 0 Å². The molecule has 1 N–H and O–H groups in total. The summed E-state index contributed by atoms with van der Waals surface area (Å²) in [6.07, 6.45) is 13.2. The number of ether oxygens (including phenoxy) is 4. The zero-order chi connectivity index (χ0) is 35.3. The van der Waals surface area contributed by atoms with E-state index in [2.05, 4.69) is 25.7 Å². The molecule has 2 aromatic heterocycles. The van der Waals surface area contributed by atoms with Gasteiger partial charge in [0, 0.05) is 48.3 Å². The van der Waals surface area contributed by atoms with Gasteiger partial charge in [0.1, 0.15) is 28.6 Å². The highest BCUT2D eigenvalue weighted by Gasteiger charge is 2.51. The van der Waals surface area contributed by atoms with Gasteiger partial charge in [0.15, 0.2) is 11.6 Å². The Labute approximate surface area is 296 Å². The summed E-state index contributed by atoms with van der Waals surface area (Å²) in [5.41, 5.74) is -0.0829. The fourth-order valence-electron chi connectivity index (χ4n) is 8.69. The number of hydrogen-bond donors (Lipinski definition) is 1. The van der Waals surface area contributed by atoms with Crippen LogP contribution in [-0.4, -0.2) is 95.5 Å². The number of benzene rings is 2. The molecule has 1 saturated carbocycles. The van der Waals surface area contributed by atoms with E-state index in [9.17, 15) is 9.50 Å². The van der Waals surface area contributed by atoms with E-state index in [1.165, 1.54) is 30.5 Å². The molecule has 4 aromatic rings. The molecule has 4 fully saturated rings. The van der Waals surface area contributed by atoms with Crippen LogP contribution in [0.3, 0.4) is 0 Å². The quantitative estimate of drug-likeness (QED) is 0.234. The number of rotatable bonds is 6. The summed E-state index contributed by atoms with van der Waals surface area (Å²) in [4.78, 5) is 18.7. The van der Waals surface area contributed by atoms with Gasteiger partial charge in [-0.1, -0.05) is 18.4 Å². The van der Waals surface area contributed by atoms with Gasteiger partial charge in [-0.3, -0.25) is 9.88 Å². The molecule has 0 unspecified atom stereocenters. The van der Waals surface area contributed by atoms with E-state index in [-0.39, 0.29) is 50.9 Å². The van der Waals surface area contributed by atoms with Crippen LogP contribution in [0.5, 0.6) is 11.8 Å². The van der Waals surface area contributed by atoms with Crippen LogP contribution in [0.4, 0.5) is 14.6 Å². The number of aromatic nitrogens is 3. The Morgan fingerprint density at radius 2 is 1.86 bits per heavy atom. The lowest BCUT2D eigenvalue weighted by atomic mass is 9.75. The lowest BCUT2D eigenvalue weighted by Gasteiger charge is -2.50. The summed E-state index contributed by atoms with van der Waals surface area (Å²) >= 11 is 0. The highest BCUT2D eigenvalue weighted by atomic mass is 19.1. The zero-order valence-corrected chi connectivity index (χ0v) is 29.1. The molecule has 1 aliphatic carbocycles. The largest absolute Gasteiger partial charge is 0.508 e. The molecule has 3 aliphatic heterocycles. The van der Waals surface area contributed by atoms with Crippen LogP contribution in [0, 0.1) is 29.4 Å². The molecule has 268 valence electrons. The monoisotopic (exact) mass is 699 g/mol. The summed E-state index contributed by atoms with van der Waals surface area (Å²) in [5, 5.41) is 11.8. The SMILES string of the molecule is C#Cc1c(F)ccc2cc(O)cc(-c3ncc4c(N5CCCOCC5)nc(OC[C@]56CCC[C@H]5N(C5COC(C)(C)OC5)CCC6)nc4c3F)c12. The molecule has 0 radical (unpaired) electrons. The van der Waals surface area contributed by atoms with Crippen molar-refractivity contribution >= 4 is 27.5 Å². The number of phenolic OH excluding ortho intramolecular Hbond substituents is 1. The third-order valence-electron chi connectivity index (χ3n) is 11.2. The summed E-state index contributed by atoms with van der Waals surface area (Å²) in [7, 11) is 0. The molecule has 5 heterocycles. The number of hydrogen-bond acceptors (Lipinski definition) is 10. The van der Waals surface area contributed by atoms with E-state index in [1.54, 1.807) is 0 Å². The fourth-order valence-corrected chi connectivity index (χ4v) is 8.69. The topological polar surface area (TPSA) is 102 Å². The molecule has 12 heteroatoms. The van der Waals surface area contributed by atoms with Crippen molar-refractivity contribution in [2.24, 2.45) is 5.41 Å². The second-order valence-corrected chi connectivity index (χ2v) is 14.7. The lowest BCUT2D eigenvalue weighted by molar-refractivity contribution is -0.269. The van der Waals surface area contributed by atoms with Gasteiger partial charge in [-0.15, -0.1) is 6.42 Å². The maximum atomic E-state index is 17.0. The number of piperidine rings is 1. The van der Waals surface area contributed by atoms with Crippen molar-refractivity contribution < 1.29 is 32.8 Å². The van der Waals surface area contributed by atoms with Gasteiger partial charge >= 0.3 is 6.01 Å². The van der Waals surface area contributed by atoms with Crippen molar-refractivity contribution in [1.29, 1.82) is 0 Å². The average Bonchev–Trinajstić information content (AvgIpc) is 3.37. The second-order valence-electron chi connectivity index (χ2n) is 14.7. The van der Waals surface area contributed by atoms with Crippen LogP contribution in [0.1, 0.15) is 57.9 Å². The van der Waals surface area contributed by atoms with Gasteiger partial charge in [0.25, 0.3) is 0 Å².